The molecule has 0 bridgehead atoms. The predicted octanol–water partition coefficient (Wildman–Crippen LogP) is 3.40. The van der Waals surface area contributed by atoms with E-state index in [1.54, 1.807) is 31.1 Å². The molecule has 0 heterocycles. The lowest BCUT2D eigenvalue weighted by atomic mass is 10.0. The zero-order valence-corrected chi connectivity index (χ0v) is 15.0. The number of carbonyl (C=O) groups is 2. The summed E-state index contributed by atoms with van der Waals surface area (Å²) in [7, 11) is 3.45. The van der Waals surface area contributed by atoms with E-state index in [0.29, 0.717) is 18.5 Å². The smallest absolute Gasteiger partial charge is 0.253 e. The second-order valence-electron chi connectivity index (χ2n) is 6.53. The van der Waals surface area contributed by atoms with E-state index in [9.17, 15) is 9.59 Å². The third kappa shape index (κ3) is 4.28. The molecule has 0 aliphatic rings. The molecule has 3 aromatic carbocycles. The molecule has 3 aromatic rings. The van der Waals surface area contributed by atoms with Crippen molar-refractivity contribution < 1.29 is 9.59 Å². The van der Waals surface area contributed by atoms with Crippen LogP contribution in [0.25, 0.3) is 10.8 Å². The van der Waals surface area contributed by atoms with Crippen molar-refractivity contribution in [3.05, 3.63) is 83.4 Å². The molecule has 0 aliphatic carbocycles. The van der Waals surface area contributed by atoms with Crippen LogP contribution >= 0.6 is 0 Å². The van der Waals surface area contributed by atoms with Crippen LogP contribution < -0.4 is 5.32 Å². The monoisotopic (exact) mass is 346 g/mol. The van der Waals surface area contributed by atoms with Crippen molar-refractivity contribution in [2.45, 2.75) is 13.0 Å². The largest absolute Gasteiger partial charge is 0.352 e. The summed E-state index contributed by atoms with van der Waals surface area (Å²) in [5.74, 6) is -0.0504. The lowest BCUT2D eigenvalue weighted by Gasteiger charge is -2.11. The van der Waals surface area contributed by atoms with Crippen molar-refractivity contribution in [1.29, 1.82) is 0 Å². The summed E-state index contributed by atoms with van der Waals surface area (Å²) in [4.78, 5) is 25.6. The Morgan fingerprint density at radius 3 is 2.19 bits per heavy atom. The summed E-state index contributed by atoms with van der Waals surface area (Å²) >= 11 is 0. The van der Waals surface area contributed by atoms with Crippen molar-refractivity contribution in [3.63, 3.8) is 0 Å². The van der Waals surface area contributed by atoms with Crippen molar-refractivity contribution in [1.82, 2.24) is 10.2 Å². The standard InChI is InChI=1S/C22H22N2O2/c1-24(2)22(26)19-11-7-16(8-12-19)15-23-21(25)14-17-9-10-18-5-3-4-6-20(18)13-17/h3-13H,14-15H2,1-2H3,(H,23,25). The summed E-state index contributed by atoms with van der Waals surface area (Å²) < 4.78 is 0. The van der Waals surface area contributed by atoms with Gasteiger partial charge in [0.1, 0.15) is 0 Å². The maximum absolute atomic E-state index is 12.2. The number of nitrogens with zero attached hydrogens (tertiary/aromatic N) is 1. The Labute approximate surface area is 153 Å². The van der Waals surface area contributed by atoms with Gasteiger partial charge in [0.25, 0.3) is 5.91 Å². The number of amides is 2. The van der Waals surface area contributed by atoms with Crippen molar-refractivity contribution in [2.75, 3.05) is 14.1 Å². The van der Waals surface area contributed by atoms with Gasteiger partial charge in [-0.05, 0) is 34.0 Å². The molecule has 4 heteroatoms. The zero-order valence-electron chi connectivity index (χ0n) is 15.0. The Balaban J connectivity index is 1.57. The molecule has 0 spiro atoms. The van der Waals surface area contributed by atoms with Crippen molar-refractivity contribution >= 4 is 22.6 Å². The Morgan fingerprint density at radius 2 is 1.50 bits per heavy atom. The number of benzene rings is 3. The first-order valence-corrected chi connectivity index (χ1v) is 8.58. The SMILES string of the molecule is CN(C)C(=O)c1ccc(CNC(=O)Cc2ccc3ccccc3c2)cc1. The fourth-order valence-corrected chi connectivity index (χ4v) is 2.82. The maximum Gasteiger partial charge on any atom is 0.253 e. The molecule has 0 atom stereocenters. The van der Waals surface area contributed by atoms with E-state index >= 15 is 0 Å². The minimum Gasteiger partial charge on any atom is -0.352 e. The second kappa shape index (κ2) is 7.83. The number of carbonyl (C=O) groups excluding carboxylic acids is 2. The van der Waals surface area contributed by atoms with Gasteiger partial charge in [0, 0.05) is 26.2 Å². The van der Waals surface area contributed by atoms with Gasteiger partial charge in [0.05, 0.1) is 6.42 Å². The van der Waals surface area contributed by atoms with Gasteiger partial charge in [-0.3, -0.25) is 9.59 Å². The number of hydrogen-bond acceptors (Lipinski definition) is 2. The molecule has 3 rings (SSSR count). The van der Waals surface area contributed by atoms with E-state index in [0.717, 1.165) is 16.5 Å². The average molecular weight is 346 g/mol. The van der Waals surface area contributed by atoms with Crippen LogP contribution in [-0.4, -0.2) is 30.8 Å². The van der Waals surface area contributed by atoms with E-state index < -0.39 is 0 Å². The first-order chi connectivity index (χ1) is 12.5. The third-order valence-corrected chi connectivity index (χ3v) is 4.28. The van der Waals surface area contributed by atoms with Gasteiger partial charge in [-0.15, -0.1) is 0 Å². The fourth-order valence-electron chi connectivity index (χ4n) is 2.82. The molecule has 0 radical (unpaired) electrons. The Hall–Kier alpha value is -3.14. The molecule has 0 fully saturated rings. The summed E-state index contributed by atoms with van der Waals surface area (Å²) in [6, 6.07) is 21.5. The lowest BCUT2D eigenvalue weighted by Crippen LogP contribution is -2.24. The number of hydrogen-bond donors (Lipinski definition) is 1. The van der Waals surface area contributed by atoms with E-state index in [1.807, 2.05) is 42.5 Å². The fraction of sp³-hybridized carbons (Fsp3) is 0.182. The molecule has 0 unspecified atom stereocenters. The van der Waals surface area contributed by atoms with Crippen LogP contribution in [0.1, 0.15) is 21.5 Å². The molecule has 0 saturated carbocycles. The molecular weight excluding hydrogens is 324 g/mol. The highest BCUT2D eigenvalue weighted by atomic mass is 16.2. The van der Waals surface area contributed by atoms with Gasteiger partial charge in [0.15, 0.2) is 0 Å². The third-order valence-electron chi connectivity index (χ3n) is 4.28. The lowest BCUT2D eigenvalue weighted by molar-refractivity contribution is -0.120. The van der Waals surface area contributed by atoms with E-state index in [2.05, 4.69) is 17.4 Å². The van der Waals surface area contributed by atoms with Crippen LogP contribution in [0.3, 0.4) is 0 Å². The summed E-state index contributed by atoms with van der Waals surface area (Å²) in [5.41, 5.74) is 2.60. The van der Waals surface area contributed by atoms with Gasteiger partial charge in [-0.1, -0.05) is 54.6 Å². The second-order valence-corrected chi connectivity index (χ2v) is 6.53. The van der Waals surface area contributed by atoms with Crippen LogP contribution in [0.5, 0.6) is 0 Å². The molecular formula is C22H22N2O2. The van der Waals surface area contributed by atoms with Crippen LogP contribution in [0.15, 0.2) is 66.7 Å². The van der Waals surface area contributed by atoms with Gasteiger partial charge in [-0.2, -0.15) is 0 Å². The number of nitrogens with one attached hydrogen (secondary N) is 1. The van der Waals surface area contributed by atoms with E-state index in [4.69, 9.17) is 0 Å². The van der Waals surface area contributed by atoms with Crippen LogP contribution in [-0.2, 0) is 17.8 Å². The van der Waals surface area contributed by atoms with Gasteiger partial charge in [0.2, 0.25) is 5.91 Å². The highest BCUT2D eigenvalue weighted by Crippen LogP contribution is 2.16. The number of fused-ring (bicyclic) bond motifs is 1. The predicted molar refractivity (Wildman–Crippen MR) is 104 cm³/mol. The summed E-state index contributed by atoms with van der Waals surface area (Å²) in [5, 5.41) is 5.24. The number of rotatable bonds is 5. The first kappa shape index (κ1) is 17.7. The van der Waals surface area contributed by atoms with Crippen molar-refractivity contribution in [2.24, 2.45) is 0 Å². The zero-order chi connectivity index (χ0) is 18.5. The molecule has 26 heavy (non-hydrogen) atoms. The van der Waals surface area contributed by atoms with Crippen LogP contribution in [0.4, 0.5) is 0 Å². The van der Waals surface area contributed by atoms with Gasteiger partial charge < -0.3 is 10.2 Å². The van der Waals surface area contributed by atoms with Crippen molar-refractivity contribution in [3.8, 4) is 0 Å². The minimum absolute atomic E-state index is 0.0197. The summed E-state index contributed by atoms with van der Waals surface area (Å²) in [6.07, 6.45) is 0.349. The van der Waals surface area contributed by atoms with E-state index in [1.165, 1.54) is 5.39 Å². The Kier molecular flexibility index (Phi) is 5.32. The molecule has 0 aliphatic heterocycles. The van der Waals surface area contributed by atoms with Gasteiger partial charge in [-0.25, -0.2) is 0 Å². The Morgan fingerprint density at radius 1 is 0.846 bits per heavy atom. The quantitative estimate of drug-likeness (QED) is 0.770. The molecule has 1 N–H and O–H groups in total. The molecule has 2 amide bonds. The molecule has 0 aromatic heterocycles. The topological polar surface area (TPSA) is 49.4 Å². The Bertz CT molecular complexity index is 930. The van der Waals surface area contributed by atoms with Crippen LogP contribution in [0.2, 0.25) is 0 Å². The van der Waals surface area contributed by atoms with Gasteiger partial charge >= 0.3 is 0 Å². The normalized spacial score (nSPS) is 10.5. The highest BCUT2D eigenvalue weighted by Gasteiger charge is 2.08. The average Bonchev–Trinajstić information content (AvgIpc) is 2.66. The van der Waals surface area contributed by atoms with Crippen LogP contribution in [0, 0.1) is 0 Å². The highest BCUT2D eigenvalue weighted by molar-refractivity contribution is 5.93. The maximum atomic E-state index is 12.2. The summed E-state index contributed by atoms with van der Waals surface area (Å²) in [6.45, 7) is 0.447. The minimum atomic E-state index is -0.0307. The molecule has 132 valence electrons. The molecule has 0 saturated heterocycles. The molecule has 4 nitrogen and oxygen atoms in total. The first-order valence-electron chi connectivity index (χ1n) is 8.58. The van der Waals surface area contributed by atoms with E-state index in [-0.39, 0.29) is 11.8 Å².